The van der Waals surface area contributed by atoms with E-state index in [0.29, 0.717) is 38.5 Å². The Morgan fingerprint density at radius 2 is 2.08 bits per heavy atom. The number of amides is 1. The summed E-state index contributed by atoms with van der Waals surface area (Å²) in [6.45, 7) is 2.85. The van der Waals surface area contributed by atoms with E-state index in [9.17, 15) is 9.18 Å². The number of methoxy groups -OCH3 is 1. The number of carbonyl (C=O) groups is 1. The predicted octanol–water partition coefficient (Wildman–Crippen LogP) is 1.77. The van der Waals surface area contributed by atoms with Gasteiger partial charge in [-0.1, -0.05) is 0 Å². The van der Waals surface area contributed by atoms with Gasteiger partial charge in [-0.15, -0.1) is 0 Å². The molecule has 0 aromatic heterocycles. The zero-order valence-corrected chi connectivity index (χ0v) is 14.8. The highest BCUT2D eigenvalue weighted by Crippen LogP contribution is 2.13. The van der Waals surface area contributed by atoms with E-state index < -0.39 is 0 Å². The monoisotopic (exact) mass is 356 g/mol. The van der Waals surface area contributed by atoms with E-state index in [4.69, 9.17) is 9.47 Å². The molecule has 134 valence electrons. The molecular formula is C17H25FN2O3S. The van der Waals surface area contributed by atoms with Gasteiger partial charge in [-0.25, -0.2) is 4.39 Å². The second-order valence-corrected chi connectivity index (χ2v) is 6.76. The van der Waals surface area contributed by atoms with Crippen molar-refractivity contribution < 1.29 is 18.7 Å². The molecule has 7 heteroatoms. The summed E-state index contributed by atoms with van der Waals surface area (Å²) >= 11 is 1.88. The number of thioether (sulfide) groups is 1. The van der Waals surface area contributed by atoms with Crippen LogP contribution in [0.5, 0.6) is 5.75 Å². The Balaban J connectivity index is 1.79. The summed E-state index contributed by atoms with van der Waals surface area (Å²) in [4.78, 5) is 14.3. The molecule has 0 aliphatic carbocycles. The molecule has 2 rings (SSSR count). The molecule has 1 fully saturated rings. The molecule has 0 spiro atoms. The lowest BCUT2D eigenvalue weighted by Crippen LogP contribution is -2.44. The number of rotatable bonds is 9. The Morgan fingerprint density at radius 3 is 2.75 bits per heavy atom. The van der Waals surface area contributed by atoms with Gasteiger partial charge in [0, 0.05) is 44.2 Å². The van der Waals surface area contributed by atoms with Gasteiger partial charge in [0.1, 0.15) is 18.2 Å². The Bertz CT molecular complexity index is 495. The molecule has 1 aromatic rings. The highest BCUT2D eigenvalue weighted by Gasteiger charge is 2.20. The Kier molecular flexibility index (Phi) is 8.35. The quantitative estimate of drug-likeness (QED) is 0.731. The van der Waals surface area contributed by atoms with Gasteiger partial charge in [0.2, 0.25) is 5.91 Å². The fourth-order valence-corrected chi connectivity index (χ4v) is 3.41. The van der Waals surface area contributed by atoms with Crippen LogP contribution < -0.4 is 10.1 Å². The van der Waals surface area contributed by atoms with Crippen molar-refractivity contribution in [2.24, 2.45) is 0 Å². The van der Waals surface area contributed by atoms with Gasteiger partial charge >= 0.3 is 0 Å². The number of carbonyl (C=O) groups excluding carboxylic acids is 1. The van der Waals surface area contributed by atoms with Crippen LogP contribution in [-0.4, -0.2) is 68.3 Å². The standard InChI is InChI=1S/C17H25FN2O3S/c1-22-9-7-20(17(21)12-15-13-24-11-6-19-15)8-10-23-16-4-2-14(18)3-5-16/h2-5,15,19H,6-13H2,1H3. The second kappa shape index (κ2) is 10.5. The van der Waals surface area contributed by atoms with E-state index in [1.807, 2.05) is 11.8 Å². The molecule has 1 saturated heterocycles. The molecule has 1 aliphatic rings. The number of nitrogens with one attached hydrogen (secondary N) is 1. The summed E-state index contributed by atoms with van der Waals surface area (Å²) in [5.41, 5.74) is 0. The van der Waals surface area contributed by atoms with Crippen molar-refractivity contribution >= 4 is 17.7 Å². The maximum Gasteiger partial charge on any atom is 0.224 e. The third-order valence-corrected chi connectivity index (χ3v) is 4.91. The van der Waals surface area contributed by atoms with Crippen molar-refractivity contribution in [1.29, 1.82) is 0 Å². The topological polar surface area (TPSA) is 50.8 Å². The van der Waals surface area contributed by atoms with Crippen molar-refractivity contribution in [3.05, 3.63) is 30.1 Å². The van der Waals surface area contributed by atoms with Crippen molar-refractivity contribution in [1.82, 2.24) is 10.2 Å². The second-order valence-electron chi connectivity index (χ2n) is 5.61. The molecule has 0 radical (unpaired) electrons. The molecule has 24 heavy (non-hydrogen) atoms. The van der Waals surface area contributed by atoms with Crippen molar-refractivity contribution in [2.75, 3.05) is 51.5 Å². The number of benzene rings is 1. The van der Waals surface area contributed by atoms with Crippen LogP contribution in [0.1, 0.15) is 6.42 Å². The van der Waals surface area contributed by atoms with Crippen molar-refractivity contribution in [2.45, 2.75) is 12.5 Å². The minimum absolute atomic E-state index is 0.106. The van der Waals surface area contributed by atoms with Crippen LogP contribution in [0.25, 0.3) is 0 Å². The minimum Gasteiger partial charge on any atom is -0.492 e. The SMILES string of the molecule is COCCN(CCOc1ccc(F)cc1)C(=O)CC1CSCCN1. The first kappa shape index (κ1) is 19.0. The third kappa shape index (κ3) is 6.67. The number of halogens is 1. The first-order valence-electron chi connectivity index (χ1n) is 8.15. The van der Waals surface area contributed by atoms with Crippen LogP contribution in [0.3, 0.4) is 0 Å². The molecule has 0 saturated carbocycles. The van der Waals surface area contributed by atoms with Crippen LogP contribution in [0.15, 0.2) is 24.3 Å². The maximum atomic E-state index is 12.9. The van der Waals surface area contributed by atoms with Crippen LogP contribution in [0.2, 0.25) is 0 Å². The number of nitrogens with zero attached hydrogens (tertiary/aromatic N) is 1. The van der Waals surface area contributed by atoms with E-state index >= 15 is 0 Å². The average Bonchev–Trinajstić information content (AvgIpc) is 2.60. The number of hydrogen-bond donors (Lipinski definition) is 1. The minimum atomic E-state index is -0.294. The normalized spacial score (nSPS) is 17.5. The van der Waals surface area contributed by atoms with E-state index in [1.54, 1.807) is 24.1 Å². The van der Waals surface area contributed by atoms with E-state index in [1.165, 1.54) is 12.1 Å². The summed E-state index contributed by atoms with van der Waals surface area (Å²) in [6, 6.07) is 6.12. The summed E-state index contributed by atoms with van der Waals surface area (Å²) in [7, 11) is 1.62. The zero-order valence-electron chi connectivity index (χ0n) is 14.0. The Labute approximate surface area is 146 Å². The molecule has 1 aromatic carbocycles. The van der Waals surface area contributed by atoms with Gasteiger partial charge in [0.25, 0.3) is 0 Å². The van der Waals surface area contributed by atoms with Crippen LogP contribution in [-0.2, 0) is 9.53 Å². The Hall–Kier alpha value is -1.31. The molecule has 1 heterocycles. The van der Waals surface area contributed by atoms with Crippen LogP contribution in [0.4, 0.5) is 4.39 Å². The van der Waals surface area contributed by atoms with E-state index in [0.717, 1.165) is 18.1 Å². The van der Waals surface area contributed by atoms with Gasteiger partial charge in [-0.3, -0.25) is 4.79 Å². The summed E-state index contributed by atoms with van der Waals surface area (Å²) in [5.74, 6) is 2.48. The molecule has 1 unspecified atom stereocenters. The molecule has 5 nitrogen and oxygen atoms in total. The summed E-state index contributed by atoms with van der Waals surface area (Å²) in [6.07, 6.45) is 0.493. The van der Waals surface area contributed by atoms with E-state index in [-0.39, 0.29) is 17.8 Å². The lowest BCUT2D eigenvalue weighted by atomic mass is 10.2. The van der Waals surface area contributed by atoms with Gasteiger partial charge < -0.3 is 19.7 Å². The highest BCUT2D eigenvalue weighted by molar-refractivity contribution is 7.99. The fraction of sp³-hybridized carbons (Fsp3) is 0.588. The largest absolute Gasteiger partial charge is 0.492 e. The molecule has 1 N–H and O–H groups in total. The van der Waals surface area contributed by atoms with Crippen LogP contribution >= 0.6 is 11.8 Å². The maximum absolute atomic E-state index is 12.9. The molecule has 0 bridgehead atoms. The number of hydrogen-bond acceptors (Lipinski definition) is 5. The third-order valence-electron chi connectivity index (χ3n) is 3.78. The summed E-state index contributed by atoms with van der Waals surface area (Å²) in [5, 5.41) is 3.38. The van der Waals surface area contributed by atoms with E-state index in [2.05, 4.69) is 5.32 Å². The first-order chi connectivity index (χ1) is 11.7. The highest BCUT2D eigenvalue weighted by atomic mass is 32.2. The average molecular weight is 356 g/mol. The predicted molar refractivity (Wildman–Crippen MR) is 94.1 cm³/mol. The number of ether oxygens (including phenoxy) is 2. The molecule has 1 amide bonds. The first-order valence-corrected chi connectivity index (χ1v) is 9.30. The van der Waals surface area contributed by atoms with Gasteiger partial charge in [-0.2, -0.15) is 11.8 Å². The Morgan fingerprint density at radius 1 is 1.33 bits per heavy atom. The molecular weight excluding hydrogens is 331 g/mol. The zero-order chi connectivity index (χ0) is 17.2. The van der Waals surface area contributed by atoms with Crippen molar-refractivity contribution in [3.8, 4) is 5.75 Å². The molecule has 1 aliphatic heterocycles. The van der Waals surface area contributed by atoms with Crippen molar-refractivity contribution in [3.63, 3.8) is 0 Å². The lowest BCUT2D eigenvalue weighted by molar-refractivity contribution is -0.132. The summed E-state index contributed by atoms with van der Waals surface area (Å²) < 4.78 is 23.6. The van der Waals surface area contributed by atoms with Gasteiger partial charge in [0.05, 0.1) is 13.2 Å². The molecule has 1 atom stereocenters. The van der Waals surface area contributed by atoms with Crippen LogP contribution in [0, 0.1) is 5.82 Å². The smallest absolute Gasteiger partial charge is 0.224 e. The lowest BCUT2D eigenvalue weighted by Gasteiger charge is -2.27. The van der Waals surface area contributed by atoms with Gasteiger partial charge in [-0.05, 0) is 24.3 Å². The fourth-order valence-electron chi connectivity index (χ4n) is 2.46. The van der Waals surface area contributed by atoms with Gasteiger partial charge in [0.15, 0.2) is 0 Å².